The molecule has 0 spiro atoms. The van der Waals surface area contributed by atoms with Gasteiger partial charge in [0.2, 0.25) is 0 Å². The Labute approximate surface area is 114 Å². The molecule has 7 heteroatoms. The molecule has 2 heterocycles. The maximum Gasteiger partial charge on any atom is 0.270 e. The lowest BCUT2D eigenvalue weighted by Crippen LogP contribution is -2.24. The highest BCUT2D eigenvalue weighted by Gasteiger charge is 2.34. The predicted octanol–water partition coefficient (Wildman–Crippen LogP) is 1.19. The molecule has 0 bridgehead atoms. The van der Waals surface area contributed by atoms with Crippen LogP contribution < -0.4 is 0 Å². The van der Waals surface area contributed by atoms with Gasteiger partial charge in [-0.1, -0.05) is 0 Å². The second-order valence-electron chi connectivity index (χ2n) is 4.84. The summed E-state index contributed by atoms with van der Waals surface area (Å²) in [6, 6.07) is 6.37. The highest BCUT2D eigenvalue weighted by Crippen LogP contribution is 2.32. The van der Waals surface area contributed by atoms with Gasteiger partial charge in [-0.25, -0.2) is 0 Å². The van der Waals surface area contributed by atoms with Crippen molar-refractivity contribution in [1.82, 2.24) is 4.57 Å². The third kappa shape index (κ3) is 2.05. The molecule has 106 valence electrons. The zero-order valence-corrected chi connectivity index (χ0v) is 10.5. The van der Waals surface area contributed by atoms with Crippen molar-refractivity contribution in [1.29, 1.82) is 0 Å². The van der Waals surface area contributed by atoms with Crippen LogP contribution in [0, 0.1) is 10.1 Å². The molecule has 7 nitrogen and oxygen atoms in total. The fraction of sp³-hybridized carbons (Fsp3) is 0.385. The molecular weight excluding hydrogens is 264 g/mol. The number of nitrogens with zero attached hydrogens (tertiary/aromatic N) is 2. The monoisotopic (exact) mass is 278 g/mol. The molecular formula is C13H14N2O5. The van der Waals surface area contributed by atoms with E-state index in [9.17, 15) is 15.2 Å². The largest absolute Gasteiger partial charge is 0.394 e. The standard InChI is InChI=1S/C13H14N2O5/c16-7-12-11(17)6-13(20-12)14-4-3-8-5-9(15(18)19)1-2-10(8)14/h1-5,11-13,16-17H,6-7H2/t11-,12?,13?/m1/s1. The molecule has 1 fully saturated rings. The van der Waals surface area contributed by atoms with E-state index in [1.165, 1.54) is 12.1 Å². The number of hydrogen-bond acceptors (Lipinski definition) is 5. The number of aliphatic hydroxyl groups excluding tert-OH is 2. The molecule has 1 aromatic heterocycles. The van der Waals surface area contributed by atoms with E-state index in [1.807, 2.05) is 4.57 Å². The van der Waals surface area contributed by atoms with Gasteiger partial charge in [-0.2, -0.15) is 0 Å². The first-order valence-corrected chi connectivity index (χ1v) is 6.29. The van der Waals surface area contributed by atoms with Gasteiger partial charge >= 0.3 is 0 Å². The fourth-order valence-corrected chi connectivity index (χ4v) is 2.57. The summed E-state index contributed by atoms with van der Waals surface area (Å²) in [4.78, 5) is 10.3. The van der Waals surface area contributed by atoms with Gasteiger partial charge in [0, 0.05) is 30.1 Å². The zero-order valence-electron chi connectivity index (χ0n) is 10.5. The second kappa shape index (κ2) is 4.86. The normalized spacial score (nSPS) is 26.2. The van der Waals surface area contributed by atoms with Crippen molar-refractivity contribution < 1.29 is 19.9 Å². The Bertz CT molecular complexity index is 653. The molecule has 2 aromatic rings. The number of nitro benzene ring substituents is 1. The molecule has 0 saturated carbocycles. The van der Waals surface area contributed by atoms with Crippen LogP contribution in [0.25, 0.3) is 10.9 Å². The Morgan fingerprint density at radius 2 is 2.25 bits per heavy atom. The molecule has 3 atom stereocenters. The number of aliphatic hydroxyl groups is 2. The van der Waals surface area contributed by atoms with Crippen LogP contribution in [-0.4, -0.2) is 38.5 Å². The molecule has 1 aliphatic heterocycles. The van der Waals surface area contributed by atoms with E-state index in [-0.39, 0.29) is 18.5 Å². The Balaban J connectivity index is 1.95. The Kier molecular flexibility index (Phi) is 3.17. The van der Waals surface area contributed by atoms with Crippen LogP contribution in [0.15, 0.2) is 30.5 Å². The smallest absolute Gasteiger partial charge is 0.270 e. The van der Waals surface area contributed by atoms with E-state index >= 15 is 0 Å². The minimum absolute atomic E-state index is 0.0378. The van der Waals surface area contributed by atoms with E-state index in [1.54, 1.807) is 18.3 Å². The van der Waals surface area contributed by atoms with Gasteiger partial charge in [-0.15, -0.1) is 0 Å². The molecule has 2 N–H and O–H groups in total. The van der Waals surface area contributed by atoms with Crippen molar-refractivity contribution >= 4 is 16.6 Å². The Morgan fingerprint density at radius 1 is 1.45 bits per heavy atom. The molecule has 20 heavy (non-hydrogen) atoms. The number of aromatic nitrogens is 1. The summed E-state index contributed by atoms with van der Waals surface area (Å²) in [6.45, 7) is -0.234. The minimum atomic E-state index is -0.708. The molecule has 1 saturated heterocycles. The highest BCUT2D eigenvalue weighted by atomic mass is 16.6. The van der Waals surface area contributed by atoms with Crippen molar-refractivity contribution in [3.05, 3.63) is 40.6 Å². The first kappa shape index (κ1) is 13.0. The van der Waals surface area contributed by atoms with Crippen LogP contribution in [0.3, 0.4) is 0 Å². The van der Waals surface area contributed by atoms with Gasteiger partial charge in [0.1, 0.15) is 12.3 Å². The van der Waals surface area contributed by atoms with Crippen LogP contribution in [0.5, 0.6) is 0 Å². The van der Waals surface area contributed by atoms with Gasteiger partial charge in [-0.3, -0.25) is 10.1 Å². The quantitative estimate of drug-likeness (QED) is 0.649. The van der Waals surface area contributed by atoms with Crippen molar-refractivity contribution in [2.45, 2.75) is 24.9 Å². The molecule has 1 aromatic carbocycles. The van der Waals surface area contributed by atoms with Crippen LogP contribution in [0.4, 0.5) is 5.69 Å². The summed E-state index contributed by atoms with van der Waals surface area (Å²) in [7, 11) is 0. The minimum Gasteiger partial charge on any atom is -0.394 e. The van der Waals surface area contributed by atoms with E-state index in [0.29, 0.717) is 6.42 Å². The number of benzene rings is 1. The average molecular weight is 278 g/mol. The number of nitro groups is 1. The van der Waals surface area contributed by atoms with Gasteiger partial charge in [0.25, 0.3) is 5.69 Å². The van der Waals surface area contributed by atoms with Crippen LogP contribution in [0.1, 0.15) is 12.6 Å². The number of fused-ring (bicyclic) bond motifs is 1. The first-order chi connectivity index (χ1) is 9.60. The summed E-state index contributed by atoms with van der Waals surface area (Å²) >= 11 is 0. The van der Waals surface area contributed by atoms with E-state index in [4.69, 9.17) is 9.84 Å². The van der Waals surface area contributed by atoms with Crippen LogP contribution in [0.2, 0.25) is 0 Å². The topological polar surface area (TPSA) is 97.8 Å². The lowest BCUT2D eigenvalue weighted by atomic mass is 10.2. The van der Waals surface area contributed by atoms with Gasteiger partial charge < -0.3 is 19.5 Å². The molecule has 3 rings (SSSR count). The maximum absolute atomic E-state index is 10.7. The summed E-state index contributed by atoms with van der Waals surface area (Å²) in [6.07, 6.45) is 0.481. The molecule has 1 aliphatic rings. The van der Waals surface area contributed by atoms with Gasteiger partial charge in [0.15, 0.2) is 0 Å². The van der Waals surface area contributed by atoms with E-state index < -0.39 is 17.1 Å². The Morgan fingerprint density at radius 3 is 2.90 bits per heavy atom. The summed E-state index contributed by atoms with van der Waals surface area (Å²) < 4.78 is 7.40. The SMILES string of the molecule is O=[N+]([O-])c1ccc2c(ccn2C2C[C@@H](O)C(CO)O2)c1. The molecule has 0 amide bonds. The fourth-order valence-electron chi connectivity index (χ4n) is 2.57. The number of hydrogen-bond donors (Lipinski definition) is 2. The maximum atomic E-state index is 10.7. The lowest BCUT2D eigenvalue weighted by Gasteiger charge is -2.14. The molecule has 2 unspecified atom stereocenters. The second-order valence-corrected chi connectivity index (χ2v) is 4.84. The van der Waals surface area contributed by atoms with Crippen LogP contribution >= 0.6 is 0 Å². The molecule has 0 radical (unpaired) electrons. The van der Waals surface area contributed by atoms with E-state index in [0.717, 1.165) is 10.9 Å². The van der Waals surface area contributed by atoms with Crippen molar-refractivity contribution in [3.8, 4) is 0 Å². The molecule has 0 aliphatic carbocycles. The predicted molar refractivity (Wildman–Crippen MR) is 70.2 cm³/mol. The lowest BCUT2D eigenvalue weighted by molar-refractivity contribution is -0.384. The average Bonchev–Trinajstić information content (AvgIpc) is 3.00. The summed E-state index contributed by atoms with van der Waals surface area (Å²) in [5, 5.41) is 30.3. The first-order valence-electron chi connectivity index (χ1n) is 6.29. The van der Waals surface area contributed by atoms with Gasteiger partial charge in [0.05, 0.1) is 23.2 Å². The Hall–Kier alpha value is -1.96. The van der Waals surface area contributed by atoms with E-state index in [2.05, 4.69) is 0 Å². The zero-order chi connectivity index (χ0) is 14.3. The van der Waals surface area contributed by atoms with Crippen molar-refractivity contribution in [3.63, 3.8) is 0 Å². The summed E-state index contributed by atoms with van der Waals surface area (Å²) in [5.74, 6) is 0. The van der Waals surface area contributed by atoms with Crippen LogP contribution in [-0.2, 0) is 4.74 Å². The number of ether oxygens (including phenoxy) is 1. The summed E-state index contributed by atoms with van der Waals surface area (Å²) in [5.41, 5.74) is 0.835. The van der Waals surface area contributed by atoms with Crippen molar-refractivity contribution in [2.75, 3.05) is 6.61 Å². The van der Waals surface area contributed by atoms with Crippen molar-refractivity contribution in [2.24, 2.45) is 0 Å². The number of non-ortho nitro benzene ring substituents is 1. The highest BCUT2D eigenvalue weighted by molar-refractivity contribution is 5.82. The third-order valence-electron chi connectivity index (χ3n) is 3.61. The van der Waals surface area contributed by atoms with Gasteiger partial charge in [-0.05, 0) is 12.1 Å². The third-order valence-corrected chi connectivity index (χ3v) is 3.61. The number of rotatable bonds is 3.